The van der Waals surface area contributed by atoms with E-state index in [9.17, 15) is 14.9 Å². The van der Waals surface area contributed by atoms with E-state index in [4.69, 9.17) is 10.00 Å². The van der Waals surface area contributed by atoms with Crippen molar-refractivity contribution in [3.63, 3.8) is 0 Å². The van der Waals surface area contributed by atoms with E-state index < -0.39 is 10.8 Å². The minimum Gasteiger partial charge on any atom is -0.390 e. The molecule has 0 saturated heterocycles. The summed E-state index contributed by atoms with van der Waals surface area (Å²) in [5.41, 5.74) is -0.359. The average Bonchev–Trinajstić information content (AvgIpc) is 2.54. The van der Waals surface area contributed by atoms with Crippen LogP contribution in [0.15, 0.2) is 36.0 Å². The Morgan fingerprint density at radius 2 is 2.22 bits per heavy atom. The van der Waals surface area contributed by atoms with Gasteiger partial charge in [0.2, 0.25) is 0 Å². The lowest BCUT2D eigenvalue weighted by Crippen LogP contribution is -2.18. The van der Waals surface area contributed by atoms with Crippen molar-refractivity contribution in [2.24, 2.45) is 0 Å². The van der Waals surface area contributed by atoms with Gasteiger partial charge >= 0.3 is 0 Å². The van der Waals surface area contributed by atoms with Crippen LogP contribution in [0.1, 0.15) is 13.3 Å². The number of rotatable bonds is 9. The van der Waals surface area contributed by atoms with Crippen molar-refractivity contribution in [3.05, 3.63) is 46.2 Å². The molecule has 1 amide bonds. The van der Waals surface area contributed by atoms with Gasteiger partial charge in [-0.2, -0.15) is 5.26 Å². The molecule has 0 saturated carbocycles. The SMILES string of the molecule is CCOCCCN/C=C(/C#N)C(=O)Nc1ccccc1[N+](=O)[O-]. The summed E-state index contributed by atoms with van der Waals surface area (Å²) in [5, 5.41) is 25.1. The molecule has 0 aliphatic rings. The molecule has 8 nitrogen and oxygen atoms in total. The summed E-state index contributed by atoms with van der Waals surface area (Å²) in [5.74, 6) is -0.709. The highest BCUT2D eigenvalue weighted by Gasteiger charge is 2.16. The molecule has 0 radical (unpaired) electrons. The number of benzene rings is 1. The number of nitrogens with zero attached hydrogens (tertiary/aromatic N) is 2. The van der Waals surface area contributed by atoms with Crippen LogP contribution in [-0.2, 0) is 9.53 Å². The number of carbonyl (C=O) groups excluding carboxylic acids is 1. The van der Waals surface area contributed by atoms with Crippen molar-refractivity contribution in [2.45, 2.75) is 13.3 Å². The van der Waals surface area contributed by atoms with Crippen molar-refractivity contribution in [1.29, 1.82) is 5.26 Å². The van der Waals surface area contributed by atoms with Crippen molar-refractivity contribution in [1.82, 2.24) is 5.32 Å². The van der Waals surface area contributed by atoms with Gasteiger partial charge in [-0.3, -0.25) is 14.9 Å². The Bertz CT molecular complexity index is 622. The van der Waals surface area contributed by atoms with Gasteiger partial charge in [0.1, 0.15) is 17.3 Å². The van der Waals surface area contributed by atoms with Gasteiger partial charge in [0.15, 0.2) is 0 Å². The number of nitro benzene ring substituents is 1. The van der Waals surface area contributed by atoms with Gasteiger partial charge < -0.3 is 15.4 Å². The van der Waals surface area contributed by atoms with E-state index >= 15 is 0 Å². The highest BCUT2D eigenvalue weighted by Crippen LogP contribution is 2.23. The topological polar surface area (TPSA) is 117 Å². The number of anilines is 1. The summed E-state index contributed by atoms with van der Waals surface area (Å²) in [6, 6.07) is 7.49. The lowest BCUT2D eigenvalue weighted by Gasteiger charge is -2.06. The van der Waals surface area contributed by atoms with Crippen molar-refractivity contribution in [2.75, 3.05) is 25.1 Å². The molecule has 0 atom stereocenters. The molecule has 122 valence electrons. The van der Waals surface area contributed by atoms with Crippen LogP contribution in [0, 0.1) is 21.4 Å². The lowest BCUT2D eigenvalue weighted by atomic mass is 10.2. The Balaban J connectivity index is 2.64. The van der Waals surface area contributed by atoms with Crippen molar-refractivity contribution in [3.8, 4) is 6.07 Å². The molecule has 0 unspecified atom stereocenters. The number of para-hydroxylation sites is 2. The summed E-state index contributed by atoms with van der Waals surface area (Å²) in [6.07, 6.45) is 2.02. The van der Waals surface area contributed by atoms with Gasteiger partial charge in [-0.1, -0.05) is 12.1 Å². The molecular weight excluding hydrogens is 300 g/mol. The number of carbonyl (C=O) groups is 1. The molecule has 0 bridgehead atoms. The maximum atomic E-state index is 12.0. The maximum Gasteiger partial charge on any atom is 0.292 e. The third-order valence-corrected chi connectivity index (χ3v) is 2.77. The predicted octanol–water partition coefficient (Wildman–Crippen LogP) is 1.96. The molecule has 1 aromatic rings. The predicted molar refractivity (Wildman–Crippen MR) is 84.5 cm³/mol. The third kappa shape index (κ3) is 6.15. The monoisotopic (exact) mass is 318 g/mol. The van der Waals surface area contributed by atoms with Crippen LogP contribution < -0.4 is 10.6 Å². The number of amides is 1. The van der Waals surface area contributed by atoms with Gasteiger partial charge in [0.25, 0.3) is 11.6 Å². The Morgan fingerprint density at radius 1 is 1.48 bits per heavy atom. The lowest BCUT2D eigenvalue weighted by molar-refractivity contribution is -0.383. The highest BCUT2D eigenvalue weighted by atomic mass is 16.6. The third-order valence-electron chi connectivity index (χ3n) is 2.77. The zero-order valence-electron chi connectivity index (χ0n) is 12.7. The van der Waals surface area contributed by atoms with E-state index in [1.807, 2.05) is 6.92 Å². The number of hydrogen-bond donors (Lipinski definition) is 2. The van der Waals surface area contributed by atoms with E-state index in [1.165, 1.54) is 24.4 Å². The first kappa shape index (κ1) is 18.1. The fourth-order valence-corrected chi connectivity index (χ4v) is 1.67. The summed E-state index contributed by atoms with van der Waals surface area (Å²) in [4.78, 5) is 22.3. The van der Waals surface area contributed by atoms with E-state index in [1.54, 1.807) is 12.1 Å². The Morgan fingerprint density at radius 3 is 2.87 bits per heavy atom. The number of nitriles is 1. The van der Waals surface area contributed by atoms with Gasteiger partial charge in [-0.15, -0.1) is 0 Å². The molecule has 1 aromatic carbocycles. The zero-order chi connectivity index (χ0) is 17.1. The quantitative estimate of drug-likeness (QED) is 0.236. The summed E-state index contributed by atoms with van der Waals surface area (Å²) in [6.45, 7) is 3.66. The Hall–Kier alpha value is -2.92. The summed E-state index contributed by atoms with van der Waals surface area (Å²) in [7, 11) is 0. The van der Waals surface area contributed by atoms with Gasteiger partial charge in [-0.05, 0) is 19.4 Å². The number of ether oxygens (including phenoxy) is 1. The second-order valence-corrected chi connectivity index (χ2v) is 4.40. The molecule has 0 aromatic heterocycles. The van der Waals surface area contributed by atoms with E-state index in [2.05, 4.69) is 10.6 Å². The number of hydrogen-bond acceptors (Lipinski definition) is 6. The van der Waals surface area contributed by atoms with Crippen LogP contribution >= 0.6 is 0 Å². The molecular formula is C15H18N4O4. The number of nitrogens with one attached hydrogen (secondary N) is 2. The smallest absolute Gasteiger partial charge is 0.292 e. The Labute approximate surface area is 133 Å². The fraction of sp³-hybridized carbons (Fsp3) is 0.333. The molecule has 0 fully saturated rings. The van der Waals surface area contributed by atoms with E-state index in [-0.39, 0.29) is 16.9 Å². The first-order valence-electron chi connectivity index (χ1n) is 7.06. The first-order chi connectivity index (χ1) is 11.1. The fourth-order valence-electron chi connectivity index (χ4n) is 1.67. The highest BCUT2D eigenvalue weighted by molar-refractivity contribution is 6.07. The van der Waals surface area contributed by atoms with Crippen LogP contribution in [0.4, 0.5) is 11.4 Å². The first-order valence-corrected chi connectivity index (χ1v) is 7.06. The van der Waals surface area contributed by atoms with Crippen LogP contribution in [0.3, 0.4) is 0 Å². The second kappa shape index (κ2) is 9.92. The van der Waals surface area contributed by atoms with Gasteiger partial charge in [0.05, 0.1) is 4.92 Å². The van der Waals surface area contributed by atoms with E-state index in [0.29, 0.717) is 19.8 Å². The van der Waals surface area contributed by atoms with Crippen molar-refractivity contribution < 1.29 is 14.5 Å². The van der Waals surface area contributed by atoms with Gasteiger partial charge in [0, 0.05) is 32.0 Å². The minimum absolute atomic E-state index is 0.0417. The molecule has 23 heavy (non-hydrogen) atoms. The molecule has 2 N–H and O–H groups in total. The Kier molecular flexibility index (Phi) is 7.82. The van der Waals surface area contributed by atoms with Crippen LogP contribution in [0.2, 0.25) is 0 Å². The number of nitro groups is 1. The molecule has 0 aliphatic carbocycles. The maximum absolute atomic E-state index is 12.0. The summed E-state index contributed by atoms with van der Waals surface area (Å²) < 4.78 is 5.16. The normalized spacial score (nSPS) is 10.7. The minimum atomic E-state index is -0.709. The van der Waals surface area contributed by atoms with E-state index in [0.717, 1.165) is 6.42 Å². The van der Waals surface area contributed by atoms with Crippen molar-refractivity contribution >= 4 is 17.3 Å². The molecule has 8 heteroatoms. The molecule has 0 aliphatic heterocycles. The second-order valence-electron chi connectivity index (χ2n) is 4.40. The summed E-state index contributed by atoms with van der Waals surface area (Å²) >= 11 is 0. The van der Waals surface area contributed by atoms with Gasteiger partial charge in [-0.25, -0.2) is 0 Å². The molecule has 0 heterocycles. The van der Waals surface area contributed by atoms with Crippen LogP contribution in [-0.4, -0.2) is 30.6 Å². The molecule has 1 rings (SSSR count). The zero-order valence-corrected chi connectivity index (χ0v) is 12.7. The van der Waals surface area contributed by atoms with Crippen LogP contribution in [0.5, 0.6) is 0 Å². The van der Waals surface area contributed by atoms with Crippen LogP contribution in [0.25, 0.3) is 0 Å². The standard InChI is InChI=1S/C15H18N4O4/c1-2-23-9-5-8-17-11-12(10-16)15(20)18-13-6-3-4-7-14(13)19(21)22/h3-4,6-7,11,17H,2,5,8-9H2,1H3,(H,18,20)/b12-11-. The largest absolute Gasteiger partial charge is 0.390 e. The average molecular weight is 318 g/mol. The molecule has 0 spiro atoms.